The van der Waals surface area contributed by atoms with Gasteiger partial charge in [-0.1, -0.05) is 33.1 Å². The standard InChI is InChI=1S/C15H26N2O/c1-3-5-6-7-8-17-14-10-13(16)11-15(12-14)18-9-4-2/h10-12,17H,3-9,16H2,1-2H3. The molecule has 0 unspecified atom stereocenters. The first-order valence-electron chi connectivity index (χ1n) is 7.03. The van der Waals surface area contributed by atoms with Crippen LogP contribution in [-0.4, -0.2) is 13.2 Å². The van der Waals surface area contributed by atoms with Gasteiger partial charge in [0.2, 0.25) is 0 Å². The minimum Gasteiger partial charge on any atom is -0.493 e. The van der Waals surface area contributed by atoms with E-state index in [-0.39, 0.29) is 0 Å². The molecule has 0 aromatic heterocycles. The summed E-state index contributed by atoms with van der Waals surface area (Å²) in [6, 6.07) is 5.85. The van der Waals surface area contributed by atoms with Gasteiger partial charge in [0.25, 0.3) is 0 Å². The second-order valence-electron chi connectivity index (χ2n) is 4.63. The lowest BCUT2D eigenvalue weighted by atomic mass is 10.2. The molecule has 0 saturated heterocycles. The Morgan fingerprint density at radius 1 is 1.06 bits per heavy atom. The highest BCUT2D eigenvalue weighted by Crippen LogP contribution is 2.22. The fourth-order valence-corrected chi connectivity index (χ4v) is 1.81. The summed E-state index contributed by atoms with van der Waals surface area (Å²) in [5, 5.41) is 3.40. The molecule has 0 spiro atoms. The van der Waals surface area contributed by atoms with Crippen LogP contribution >= 0.6 is 0 Å². The highest BCUT2D eigenvalue weighted by atomic mass is 16.5. The molecule has 1 rings (SSSR count). The van der Waals surface area contributed by atoms with Crippen molar-refractivity contribution in [2.45, 2.75) is 46.0 Å². The average molecular weight is 250 g/mol. The van der Waals surface area contributed by atoms with Crippen molar-refractivity contribution in [1.82, 2.24) is 0 Å². The minimum absolute atomic E-state index is 0.736. The fraction of sp³-hybridized carbons (Fsp3) is 0.600. The molecule has 0 amide bonds. The van der Waals surface area contributed by atoms with Gasteiger partial charge >= 0.3 is 0 Å². The molecule has 0 radical (unpaired) electrons. The van der Waals surface area contributed by atoms with Crippen molar-refractivity contribution in [3.63, 3.8) is 0 Å². The first-order valence-corrected chi connectivity index (χ1v) is 7.03. The number of nitrogens with two attached hydrogens (primary N) is 1. The van der Waals surface area contributed by atoms with Crippen LogP contribution in [0.1, 0.15) is 46.0 Å². The normalized spacial score (nSPS) is 10.3. The molecular weight excluding hydrogens is 224 g/mol. The van der Waals surface area contributed by atoms with Crippen molar-refractivity contribution in [2.75, 3.05) is 24.2 Å². The van der Waals surface area contributed by atoms with Crippen LogP contribution in [0.5, 0.6) is 5.75 Å². The van der Waals surface area contributed by atoms with E-state index in [0.717, 1.165) is 36.7 Å². The second-order valence-corrected chi connectivity index (χ2v) is 4.63. The second kappa shape index (κ2) is 8.67. The highest BCUT2D eigenvalue weighted by molar-refractivity contribution is 5.59. The lowest BCUT2D eigenvalue weighted by molar-refractivity contribution is 0.318. The Labute approximate surface area is 111 Å². The van der Waals surface area contributed by atoms with Gasteiger partial charge in [0, 0.05) is 30.1 Å². The van der Waals surface area contributed by atoms with Crippen LogP contribution in [-0.2, 0) is 0 Å². The minimum atomic E-state index is 0.736. The van der Waals surface area contributed by atoms with E-state index in [1.54, 1.807) is 0 Å². The summed E-state index contributed by atoms with van der Waals surface area (Å²) in [4.78, 5) is 0. The first-order chi connectivity index (χ1) is 8.76. The first kappa shape index (κ1) is 14.7. The monoisotopic (exact) mass is 250 g/mol. The molecule has 0 fully saturated rings. The zero-order valence-corrected chi connectivity index (χ0v) is 11.7. The van der Waals surface area contributed by atoms with Crippen LogP contribution in [0, 0.1) is 0 Å². The molecule has 0 aliphatic heterocycles. The van der Waals surface area contributed by atoms with Gasteiger partial charge in [-0.25, -0.2) is 0 Å². The number of anilines is 2. The molecule has 0 atom stereocenters. The summed E-state index contributed by atoms with van der Waals surface area (Å²) >= 11 is 0. The number of hydrogen-bond acceptors (Lipinski definition) is 3. The molecule has 0 saturated carbocycles. The smallest absolute Gasteiger partial charge is 0.123 e. The molecule has 0 aliphatic carbocycles. The molecule has 1 aromatic carbocycles. The van der Waals surface area contributed by atoms with E-state index in [2.05, 4.69) is 19.2 Å². The molecule has 0 heterocycles. The van der Waals surface area contributed by atoms with E-state index in [1.165, 1.54) is 25.7 Å². The summed E-state index contributed by atoms with van der Waals surface area (Å²) in [5.74, 6) is 0.855. The molecule has 0 aliphatic rings. The molecule has 3 nitrogen and oxygen atoms in total. The van der Waals surface area contributed by atoms with Gasteiger partial charge in [0.15, 0.2) is 0 Å². The zero-order chi connectivity index (χ0) is 13.2. The van der Waals surface area contributed by atoms with Gasteiger partial charge in [-0.15, -0.1) is 0 Å². The maximum absolute atomic E-state index is 5.86. The van der Waals surface area contributed by atoms with E-state index in [1.807, 2.05) is 18.2 Å². The van der Waals surface area contributed by atoms with Crippen LogP contribution in [0.25, 0.3) is 0 Å². The van der Waals surface area contributed by atoms with Gasteiger partial charge in [-0.05, 0) is 18.9 Å². The zero-order valence-electron chi connectivity index (χ0n) is 11.7. The molecule has 0 bridgehead atoms. The predicted molar refractivity (Wildman–Crippen MR) is 79.3 cm³/mol. The average Bonchev–Trinajstić information content (AvgIpc) is 2.35. The maximum atomic E-state index is 5.86. The van der Waals surface area contributed by atoms with E-state index in [0.29, 0.717) is 0 Å². The number of benzene rings is 1. The topological polar surface area (TPSA) is 47.3 Å². The van der Waals surface area contributed by atoms with Crippen LogP contribution in [0.4, 0.5) is 11.4 Å². The molecule has 18 heavy (non-hydrogen) atoms. The van der Waals surface area contributed by atoms with Gasteiger partial charge < -0.3 is 15.8 Å². The third-order valence-corrected chi connectivity index (χ3v) is 2.76. The van der Waals surface area contributed by atoms with E-state index < -0.39 is 0 Å². The Morgan fingerprint density at radius 3 is 2.61 bits per heavy atom. The number of nitrogens with one attached hydrogen (secondary N) is 1. The summed E-state index contributed by atoms with van der Waals surface area (Å²) in [6.45, 7) is 6.05. The van der Waals surface area contributed by atoms with Crippen LogP contribution < -0.4 is 15.8 Å². The van der Waals surface area contributed by atoms with Gasteiger partial charge in [0.05, 0.1) is 6.61 Å². The Kier molecular flexibility index (Phi) is 7.07. The van der Waals surface area contributed by atoms with E-state index >= 15 is 0 Å². The Balaban J connectivity index is 2.41. The van der Waals surface area contributed by atoms with Gasteiger partial charge in [0.1, 0.15) is 5.75 Å². The largest absolute Gasteiger partial charge is 0.493 e. The summed E-state index contributed by atoms with van der Waals surface area (Å²) in [6.07, 6.45) is 6.07. The third kappa shape index (κ3) is 5.80. The fourth-order valence-electron chi connectivity index (χ4n) is 1.81. The lowest BCUT2D eigenvalue weighted by Crippen LogP contribution is -2.03. The number of ether oxygens (including phenoxy) is 1. The predicted octanol–water partition coefficient (Wildman–Crippen LogP) is 4.05. The van der Waals surface area contributed by atoms with Crippen molar-refractivity contribution >= 4 is 11.4 Å². The van der Waals surface area contributed by atoms with Crippen LogP contribution in [0.3, 0.4) is 0 Å². The number of hydrogen-bond donors (Lipinski definition) is 2. The Hall–Kier alpha value is -1.38. The van der Waals surface area contributed by atoms with Crippen LogP contribution in [0.2, 0.25) is 0 Å². The summed E-state index contributed by atoms with van der Waals surface area (Å²) in [7, 11) is 0. The third-order valence-electron chi connectivity index (χ3n) is 2.76. The Bertz CT molecular complexity index is 339. The maximum Gasteiger partial charge on any atom is 0.123 e. The summed E-state index contributed by atoms with van der Waals surface area (Å²) in [5.41, 5.74) is 7.67. The molecule has 102 valence electrons. The van der Waals surface area contributed by atoms with Crippen molar-refractivity contribution < 1.29 is 4.74 Å². The van der Waals surface area contributed by atoms with Crippen molar-refractivity contribution in [1.29, 1.82) is 0 Å². The SMILES string of the molecule is CCCCCCNc1cc(N)cc(OCCC)c1. The van der Waals surface area contributed by atoms with E-state index in [4.69, 9.17) is 10.5 Å². The van der Waals surface area contributed by atoms with Gasteiger partial charge in [-0.3, -0.25) is 0 Å². The lowest BCUT2D eigenvalue weighted by Gasteiger charge is -2.10. The number of unbranched alkanes of at least 4 members (excludes halogenated alkanes) is 3. The van der Waals surface area contributed by atoms with E-state index in [9.17, 15) is 0 Å². The highest BCUT2D eigenvalue weighted by Gasteiger charge is 1.99. The number of nitrogen functional groups attached to an aromatic ring is 1. The van der Waals surface area contributed by atoms with Crippen molar-refractivity contribution in [2.24, 2.45) is 0 Å². The van der Waals surface area contributed by atoms with Gasteiger partial charge in [-0.2, -0.15) is 0 Å². The molecule has 3 N–H and O–H groups in total. The molecule has 3 heteroatoms. The van der Waals surface area contributed by atoms with Crippen molar-refractivity contribution in [3.05, 3.63) is 18.2 Å². The van der Waals surface area contributed by atoms with Crippen molar-refractivity contribution in [3.8, 4) is 5.75 Å². The van der Waals surface area contributed by atoms with Crippen LogP contribution in [0.15, 0.2) is 18.2 Å². The quantitative estimate of drug-likeness (QED) is 0.513. The Morgan fingerprint density at radius 2 is 1.89 bits per heavy atom. The molecular formula is C15H26N2O. The number of rotatable bonds is 9. The molecule has 1 aromatic rings. The summed E-state index contributed by atoms with van der Waals surface area (Å²) < 4.78 is 5.60.